The predicted molar refractivity (Wildman–Crippen MR) is 246 cm³/mol. The van der Waals surface area contributed by atoms with Gasteiger partial charge >= 0.3 is 11.9 Å². The number of allylic oxidation sites excluding steroid dienone is 12. The molecular weight excluding hydrogens is 755 g/mol. The largest absolute Gasteiger partial charge is 0.545 e. The van der Waals surface area contributed by atoms with Gasteiger partial charge in [-0.15, -0.1) is 0 Å². The summed E-state index contributed by atoms with van der Waals surface area (Å²) in [4.78, 5) is 37.0. The van der Waals surface area contributed by atoms with Crippen LogP contribution in [0.3, 0.4) is 0 Å². The highest BCUT2D eigenvalue weighted by Crippen LogP contribution is 2.13. The van der Waals surface area contributed by atoms with Gasteiger partial charge in [-0.3, -0.25) is 9.59 Å². The van der Waals surface area contributed by atoms with Gasteiger partial charge in [-0.1, -0.05) is 151 Å². The summed E-state index contributed by atoms with van der Waals surface area (Å²) in [7, 11) is 5.89. The average molecular weight is 842 g/mol. The van der Waals surface area contributed by atoms with Crippen molar-refractivity contribution < 1.29 is 42.9 Å². The summed E-state index contributed by atoms with van der Waals surface area (Å²) in [5.74, 6) is -2.32. The van der Waals surface area contributed by atoms with Gasteiger partial charge in [0.15, 0.2) is 12.4 Å². The highest BCUT2D eigenvalue weighted by atomic mass is 16.7. The highest BCUT2D eigenvalue weighted by Gasteiger charge is 2.21. The molecule has 0 saturated carbocycles. The Hall–Kier alpha value is -3.27. The zero-order valence-corrected chi connectivity index (χ0v) is 38.8. The van der Waals surface area contributed by atoms with Gasteiger partial charge in [0.05, 0.1) is 40.3 Å². The highest BCUT2D eigenvalue weighted by molar-refractivity contribution is 5.70. The molecule has 0 aliphatic heterocycles. The molecule has 0 rings (SSSR count). The Morgan fingerprint density at radius 2 is 0.950 bits per heavy atom. The number of esters is 2. The Morgan fingerprint density at radius 3 is 1.43 bits per heavy atom. The van der Waals surface area contributed by atoms with E-state index in [0.717, 1.165) is 96.3 Å². The number of likely N-dealkylation sites (N-methyl/N-ethyl adjacent to an activating group) is 1. The number of carboxylic acid groups (broad SMARTS) is 1. The van der Waals surface area contributed by atoms with Gasteiger partial charge in [0.1, 0.15) is 13.2 Å². The lowest BCUT2D eigenvalue weighted by atomic mass is 10.1. The van der Waals surface area contributed by atoms with Gasteiger partial charge in [0, 0.05) is 12.8 Å². The fourth-order valence-corrected chi connectivity index (χ4v) is 6.03. The van der Waals surface area contributed by atoms with E-state index < -0.39 is 24.3 Å². The van der Waals surface area contributed by atoms with Crippen LogP contribution in [0.15, 0.2) is 72.9 Å². The van der Waals surface area contributed by atoms with E-state index in [2.05, 4.69) is 86.8 Å². The molecule has 0 amide bonds. The minimum absolute atomic E-state index is 0.141. The number of aliphatic carboxylic acids is 1. The lowest BCUT2D eigenvalue weighted by molar-refractivity contribution is -0.870. The van der Waals surface area contributed by atoms with Crippen LogP contribution >= 0.6 is 0 Å². The fraction of sp³-hybridized carbons (Fsp3) is 0.706. The van der Waals surface area contributed by atoms with Crippen LogP contribution in [0, 0.1) is 0 Å². The van der Waals surface area contributed by atoms with E-state index >= 15 is 0 Å². The molecule has 0 radical (unpaired) electrons. The number of carbonyl (C=O) groups excluding carboxylic acids is 3. The van der Waals surface area contributed by atoms with Crippen molar-refractivity contribution in [3.8, 4) is 0 Å². The Bertz CT molecular complexity index is 1210. The van der Waals surface area contributed by atoms with E-state index in [1.165, 1.54) is 44.9 Å². The second kappa shape index (κ2) is 42.4. The lowest BCUT2D eigenvalue weighted by Crippen LogP contribution is -2.44. The Balaban J connectivity index is 4.40. The van der Waals surface area contributed by atoms with E-state index in [1.807, 2.05) is 21.1 Å². The molecule has 0 aromatic heterocycles. The maximum atomic E-state index is 12.8. The molecule has 60 heavy (non-hydrogen) atoms. The number of carbonyl (C=O) groups is 3. The lowest BCUT2D eigenvalue weighted by Gasteiger charge is -2.26. The molecule has 9 heteroatoms. The maximum Gasteiger partial charge on any atom is 0.306 e. The number of quaternary nitrogens is 1. The number of ether oxygens (including phenoxy) is 4. The summed E-state index contributed by atoms with van der Waals surface area (Å²) in [5, 5.41) is 11.7. The van der Waals surface area contributed by atoms with Crippen LogP contribution in [0.1, 0.15) is 174 Å². The minimum Gasteiger partial charge on any atom is -0.545 e. The van der Waals surface area contributed by atoms with Crippen LogP contribution in [0.25, 0.3) is 0 Å². The van der Waals surface area contributed by atoms with Crippen LogP contribution in [0.4, 0.5) is 0 Å². The van der Waals surface area contributed by atoms with Crippen molar-refractivity contribution in [1.82, 2.24) is 0 Å². The summed E-state index contributed by atoms with van der Waals surface area (Å²) in [6, 6.07) is 0. The monoisotopic (exact) mass is 842 g/mol. The molecule has 0 aliphatic rings. The van der Waals surface area contributed by atoms with Crippen molar-refractivity contribution in [3.63, 3.8) is 0 Å². The quantitative estimate of drug-likeness (QED) is 0.0196. The second-order valence-corrected chi connectivity index (χ2v) is 16.7. The fourth-order valence-electron chi connectivity index (χ4n) is 6.03. The number of unbranched alkanes of at least 4 members (excludes halogenated alkanes) is 15. The SMILES string of the molecule is CC/C=C\C/C=C\C/C=C\C/C=C\C/C=C\CCCCCCCCCC(=O)OC(COC(=O)CCCCCCC/C=C\CCCCC)COC(OCC[N+](C)(C)C)C(=O)[O-]. The Morgan fingerprint density at radius 1 is 0.517 bits per heavy atom. The number of hydrogen-bond donors (Lipinski definition) is 0. The van der Waals surface area contributed by atoms with Gasteiger partial charge in [-0.2, -0.15) is 0 Å². The summed E-state index contributed by atoms with van der Waals surface area (Å²) in [5.41, 5.74) is 0. The van der Waals surface area contributed by atoms with Crippen molar-refractivity contribution in [1.29, 1.82) is 0 Å². The normalized spacial score (nSPS) is 13.6. The molecule has 9 nitrogen and oxygen atoms in total. The predicted octanol–water partition coefficient (Wildman–Crippen LogP) is 11.4. The van der Waals surface area contributed by atoms with Gasteiger partial charge in [-0.05, 0) is 83.5 Å². The van der Waals surface area contributed by atoms with Crippen LogP contribution in [0.2, 0.25) is 0 Å². The van der Waals surface area contributed by atoms with Crippen LogP contribution in [-0.2, 0) is 33.3 Å². The summed E-state index contributed by atoms with van der Waals surface area (Å²) < 4.78 is 22.5. The van der Waals surface area contributed by atoms with Crippen molar-refractivity contribution in [3.05, 3.63) is 72.9 Å². The van der Waals surface area contributed by atoms with E-state index in [0.29, 0.717) is 17.4 Å². The van der Waals surface area contributed by atoms with Crippen LogP contribution < -0.4 is 5.11 Å². The molecule has 0 bridgehead atoms. The summed E-state index contributed by atoms with van der Waals surface area (Å²) in [6.07, 6.45) is 49.3. The Kier molecular flexibility index (Phi) is 40.1. The average Bonchev–Trinajstić information content (AvgIpc) is 3.21. The van der Waals surface area contributed by atoms with Crippen molar-refractivity contribution >= 4 is 17.9 Å². The van der Waals surface area contributed by atoms with Gasteiger partial charge in [0.25, 0.3) is 0 Å². The summed E-state index contributed by atoms with van der Waals surface area (Å²) >= 11 is 0. The van der Waals surface area contributed by atoms with Gasteiger partial charge in [-0.25, -0.2) is 0 Å². The summed E-state index contributed by atoms with van der Waals surface area (Å²) in [6.45, 7) is 4.56. The molecule has 2 unspecified atom stereocenters. The van der Waals surface area contributed by atoms with Gasteiger partial charge < -0.3 is 33.3 Å². The zero-order chi connectivity index (χ0) is 44.2. The van der Waals surface area contributed by atoms with E-state index in [4.69, 9.17) is 18.9 Å². The van der Waals surface area contributed by atoms with Crippen molar-refractivity contribution in [2.45, 2.75) is 187 Å². The third kappa shape index (κ3) is 42.8. The second-order valence-electron chi connectivity index (χ2n) is 16.7. The first kappa shape index (κ1) is 56.7. The van der Waals surface area contributed by atoms with Crippen LogP contribution in [-0.4, -0.2) is 82.3 Å². The molecule has 0 aromatic rings. The molecule has 0 N–H and O–H groups in total. The number of hydrogen-bond acceptors (Lipinski definition) is 8. The number of rotatable bonds is 42. The third-order valence-electron chi connectivity index (χ3n) is 9.69. The number of carboxylic acids is 1. The maximum absolute atomic E-state index is 12.8. The first-order valence-electron chi connectivity index (χ1n) is 23.6. The zero-order valence-electron chi connectivity index (χ0n) is 38.8. The standard InChI is InChI=1S/C51H87NO8/c1-6-8-10-12-14-16-18-20-21-22-23-24-25-26-27-28-29-30-32-34-36-38-40-42-49(54)60-47(46-59-51(50(55)56)57-44-43-52(3,4)5)45-58-48(53)41-39-37-35-33-31-19-17-15-13-11-9-7-2/h8,10,14-17,20-21,23-24,26-27,47,51H,6-7,9,11-13,18-19,22,25,28-46H2,1-5H3/b10-8-,16-14-,17-15-,21-20-,24-23-,27-26-. The molecule has 2 atom stereocenters. The molecule has 0 fully saturated rings. The molecule has 0 spiro atoms. The molecular formula is C51H87NO8. The molecule has 0 saturated heterocycles. The van der Waals surface area contributed by atoms with Crippen molar-refractivity contribution in [2.24, 2.45) is 0 Å². The van der Waals surface area contributed by atoms with Crippen LogP contribution in [0.5, 0.6) is 0 Å². The number of nitrogens with zero attached hydrogens (tertiary/aromatic N) is 1. The topological polar surface area (TPSA) is 111 Å². The first-order valence-corrected chi connectivity index (χ1v) is 23.6. The van der Waals surface area contributed by atoms with E-state index in [9.17, 15) is 19.5 Å². The van der Waals surface area contributed by atoms with Gasteiger partial charge in [0.2, 0.25) is 0 Å². The van der Waals surface area contributed by atoms with E-state index in [-0.39, 0.29) is 38.6 Å². The molecule has 344 valence electrons. The minimum atomic E-state index is -1.63. The first-order chi connectivity index (χ1) is 29.1. The smallest absolute Gasteiger partial charge is 0.306 e. The van der Waals surface area contributed by atoms with Crippen molar-refractivity contribution in [2.75, 3.05) is 47.5 Å². The Labute approximate surface area is 367 Å². The van der Waals surface area contributed by atoms with E-state index in [1.54, 1.807) is 0 Å². The molecule has 0 aliphatic carbocycles. The molecule has 0 aromatic carbocycles. The third-order valence-corrected chi connectivity index (χ3v) is 9.69. The molecule has 0 heterocycles.